The number of hydrogen-bond acceptors (Lipinski definition) is 8. The first-order valence-corrected chi connectivity index (χ1v) is 13.9. The molecule has 0 heterocycles. The van der Waals surface area contributed by atoms with Crippen LogP contribution in [0.25, 0.3) is 10.8 Å². The van der Waals surface area contributed by atoms with E-state index in [1.807, 2.05) is 0 Å². The van der Waals surface area contributed by atoms with Crippen LogP contribution in [0.4, 0.5) is 5.69 Å². The van der Waals surface area contributed by atoms with Gasteiger partial charge in [0.2, 0.25) is 10.3 Å². The molecule has 3 rings (SSSR count). The van der Waals surface area contributed by atoms with Crippen LogP contribution in [0.3, 0.4) is 0 Å². The average Bonchev–Trinajstić information content (AvgIpc) is 2.75. The number of benzene rings is 3. The summed E-state index contributed by atoms with van der Waals surface area (Å²) in [5, 5.41) is 12.3. The molecule has 1 amide bonds. The van der Waals surface area contributed by atoms with Gasteiger partial charge in [-0.2, -0.15) is 25.3 Å². The van der Waals surface area contributed by atoms with Gasteiger partial charge in [-0.15, -0.1) is 11.6 Å². The number of amides is 1. The Morgan fingerprint density at radius 3 is 1.89 bits per heavy atom. The van der Waals surface area contributed by atoms with Gasteiger partial charge in [0.1, 0.15) is 5.75 Å². The Labute approximate surface area is 206 Å². The van der Waals surface area contributed by atoms with Crippen molar-refractivity contribution in [2.75, 3.05) is 11.2 Å². The molecule has 0 bridgehead atoms. The quantitative estimate of drug-likeness (QED) is 0.144. The van der Waals surface area contributed by atoms with Gasteiger partial charge >= 0.3 is 0 Å². The first kappa shape index (κ1) is 26.6. The predicted octanol–water partition coefficient (Wildman–Crippen LogP) is 2.32. The molecule has 0 saturated carbocycles. The van der Waals surface area contributed by atoms with Crippen LogP contribution in [-0.2, 0) is 30.5 Å². The van der Waals surface area contributed by atoms with E-state index in [2.05, 4.69) is 5.32 Å². The van der Waals surface area contributed by atoms with E-state index >= 15 is 0 Å². The molecule has 186 valence electrons. The van der Waals surface area contributed by atoms with Crippen LogP contribution in [0, 0.1) is 0 Å². The minimum absolute atomic E-state index is 0.0232. The molecule has 0 saturated heterocycles. The predicted molar refractivity (Wildman–Crippen MR) is 128 cm³/mol. The smallest absolute Gasteiger partial charge is 0.294 e. The van der Waals surface area contributed by atoms with Gasteiger partial charge in [0.25, 0.3) is 26.1 Å². The topological polar surface area (TPSA) is 192 Å². The maximum Gasteiger partial charge on any atom is 0.294 e. The van der Waals surface area contributed by atoms with E-state index in [-0.39, 0.29) is 39.2 Å². The molecule has 0 spiro atoms. The number of hydrogen-bond donors (Lipinski definition) is 4. The Morgan fingerprint density at radius 2 is 1.40 bits per heavy atom. The van der Waals surface area contributed by atoms with E-state index < -0.39 is 52.0 Å². The van der Waals surface area contributed by atoms with Gasteiger partial charge in [-0.05, 0) is 41.3 Å². The van der Waals surface area contributed by atoms with Gasteiger partial charge in [0.05, 0.1) is 20.3 Å². The standard InChI is InChI=1S/C20H16ClNO10S3/c21-6-5-18(33(25)26)11-1-3-12(4-2-11)20(24)22-16-9-14(34(27,28)29)7-13-8-15(35(30,31)32)10-17(23)19(13)16/h1-4,7-10,23H,5-6H2,(H,22,24)(H,27,28,29)(H,30,31,32). The Hall–Kier alpha value is -3.01. The fraction of sp³-hybridized carbons (Fsp3) is 0.100. The molecule has 35 heavy (non-hydrogen) atoms. The van der Waals surface area contributed by atoms with Crippen molar-refractivity contribution in [1.29, 1.82) is 0 Å². The molecule has 3 aromatic rings. The maximum absolute atomic E-state index is 12.8. The fourth-order valence-electron chi connectivity index (χ4n) is 3.25. The number of phenolic OH excluding ortho intramolecular Hbond substituents is 1. The molecule has 0 unspecified atom stereocenters. The molecule has 15 heteroatoms. The molecule has 11 nitrogen and oxygen atoms in total. The van der Waals surface area contributed by atoms with Gasteiger partial charge < -0.3 is 10.4 Å². The average molecular weight is 562 g/mol. The highest BCUT2D eigenvalue weighted by atomic mass is 35.5. The number of halogens is 1. The zero-order valence-corrected chi connectivity index (χ0v) is 20.5. The van der Waals surface area contributed by atoms with Gasteiger partial charge in [-0.25, -0.2) is 0 Å². The Balaban J connectivity index is 2.11. The zero-order chi connectivity index (χ0) is 26.1. The highest BCUT2D eigenvalue weighted by Gasteiger charge is 2.21. The number of alkyl halides is 1. The van der Waals surface area contributed by atoms with Gasteiger partial charge in [-0.3, -0.25) is 13.9 Å². The molecule has 0 fully saturated rings. The van der Waals surface area contributed by atoms with Crippen LogP contribution in [0.5, 0.6) is 5.75 Å². The first-order chi connectivity index (χ1) is 16.2. The lowest BCUT2D eigenvalue weighted by Crippen LogP contribution is -2.13. The second-order valence-electron chi connectivity index (χ2n) is 7.09. The largest absolute Gasteiger partial charge is 0.507 e. The van der Waals surface area contributed by atoms with Crippen molar-refractivity contribution in [2.24, 2.45) is 0 Å². The van der Waals surface area contributed by atoms with Crippen LogP contribution >= 0.6 is 11.6 Å². The summed E-state index contributed by atoms with van der Waals surface area (Å²) in [4.78, 5) is 11.4. The van der Waals surface area contributed by atoms with Crippen LogP contribution in [0.1, 0.15) is 22.3 Å². The summed E-state index contributed by atoms with van der Waals surface area (Å²) in [6, 6.07) is 8.59. The molecule has 0 atom stereocenters. The van der Waals surface area contributed by atoms with E-state index in [1.165, 1.54) is 24.3 Å². The third-order valence-corrected chi connectivity index (χ3v) is 7.50. The van der Waals surface area contributed by atoms with Gasteiger partial charge in [-0.1, -0.05) is 12.1 Å². The molecule has 0 aliphatic heterocycles. The second-order valence-corrected chi connectivity index (χ2v) is 11.3. The van der Waals surface area contributed by atoms with E-state index in [9.17, 15) is 44.3 Å². The molecular formula is C20H16ClNO10S3. The summed E-state index contributed by atoms with van der Waals surface area (Å²) in [7, 11) is -12.1. The summed E-state index contributed by atoms with van der Waals surface area (Å²) in [5.41, 5.74) is 0.0403. The Bertz CT molecular complexity index is 1680. The monoisotopic (exact) mass is 561 g/mol. The fourth-order valence-corrected chi connectivity index (χ4v) is 5.22. The third-order valence-electron chi connectivity index (χ3n) is 4.81. The Kier molecular flexibility index (Phi) is 7.54. The van der Waals surface area contributed by atoms with E-state index in [0.29, 0.717) is 11.6 Å². The second kappa shape index (κ2) is 9.93. The van der Waals surface area contributed by atoms with Gasteiger partial charge in [0.15, 0.2) is 0 Å². The number of carbonyl (C=O) groups excluding carboxylic acids is 1. The van der Waals surface area contributed by atoms with Crippen LogP contribution < -0.4 is 5.32 Å². The normalized spacial score (nSPS) is 11.9. The summed E-state index contributed by atoms with van der Waals surface area (Å²) in [5.74, 6) is -1.45. The highest BCUT2D eigenvalue weighted by Crippen LogP contribution is 2.36. The zero-order valence-electron chi connectivity index (χ0n) is 17.3. The molecule has 0 aliphatic rings. The van der Waals surface area contributed by atoms with Gasteiger partial charge in [0, 0.05) is 29.3 Å². The number of fused-ring (bicyclic) bond motifs is 1. The number of nitrogens with one attached hydrogen (secondary N) is 1. The van der Waals surface area contributed by atoms with Crippen LogP contribution in [0.2, 0.25) is 0 Å². The molecular weight excluding hydrogens is 546 g/mol. The number of phenols is 1. The summed E-state index contributed by atoms with van der Waals surface area (Å²) in [6.45, 7) is 0. The lowest BCUT2D eigenvalue weighted by molar-refractivity contribution is 0.102. The molecule has 4 N–H and O–H groups in total. The van der Waals surface area contributed by atoms with Crippen molar-refractivity contribution in [2.45, 2.75) is 16.2 Å². The van der Waals surface area contributed by atoms with Crippen molar-refractivity contribution < 1.29 is 44.3 Å². The molecule has 0 aliphatic carbocycles. The third kappa shape index (κ3) is 5.98. The highest BCUT2D eigenvalue weighted by molar-refractivity contribution is 7.86. The molecule has 0 radical (unpaired) electrons. The number of carbonyl (C=O) groups is 1. The van der Waals surface area contributed by atoms with Crippen molar-refractivity contribution >= 4 is 69.4 Å². The van der Waals surface area contributed by atoms with E-state index in [0.717, 1.165) is 18.2 Å². The first-order valence-electron chi connectivity index (χ1n) is 9.41. The van der Waals surface area contributed by atoms with Crippen molar-refractivity contribution in [3.8, 4) is 5.75 Å². The van der Waals surface area contributed by atoms with Crippen molar-refractivity contribution in [3.05, 3.63) is 59.7 Å². The summed E-state index contributed by atoms with van der Waals surface area (Å²) >= 11 is 5.62. The minimum atomic E-state index is -4.82. The summed E-state index contributed by atoms with van der Waals surface area (Å²) < 4.78 is 87.9. The van der Waals surface area contributed by atoms with Crippen LogP contribution in [0.15, 0.2) is 58.3 Å². The lowest BCUT2D eigenvalue weighted by Gasteiger charge is -2.13. The van der Waals surface area contributed by atoms with E-state index in [4.69, 9.17) is 11.6 Å². The molecule has 0 aromatic heterocycles. The molecule has 3 aromatic carbocycles. The van der Waals surface area contributed by atoms with Crippen LogP contribution in [-0.4, -0.2) is 56.1 Å². The minimum Gasteiger partial charge on any atom is -0.507 e. The number of rotatable bonds is 7. The number of aromatic hydroxyl groups is 1. The SMILES string of the molecule is O=C(Nc1cc(S(=O)(=O)O)cc2cc(S(=O)(=O)O)cc(O)c12)c1ccc(C(CCCl)=S(=O)=O)cc1. The lowest BCUT2D eigenvalue weighted by atomic mass is 10.1. The van der Waals surface area contributed by atoms with Crippen molar-refractivity contribution in [1.82, 2.24) is 0 Å². The Morgan fingerprint density at radius 1 is 0.886 bits per heavy atom. The summed E-state index contributed by atoms with van der Waals surface area (Å²) in [6.07, 6.45) is 0.0719. The number of anilines is 1. The maximum atomic E-state index is 12.8. The van der Waals surface area contributed by atoms with Crippen molar-refractivity contribution in [3.63, 3.8) is 0 Å². The van der Waals surface area contributed by atoms with E-state index in [1.54, 1.807) is 0 Å².